The van der Waals surface area contributed by atoms with Crippen LogP contribution in [0.15, 0.2) is 22.7 Å². The zero-order valence-corrected chi connectivity index (χ0v) is 13.7. The van der Waals surface area contributed by atoms with Crippen molar-refractivity contribution in [1.29, 1.82) is 0 Å². The lowest BCUT2D eigenvalue weighted by Gasteiger charge is -2.16. The van der Waals surface area contributed by atoms with Crippen molar-refractivity contribution in [1.82, 2.24) is 19.8 Å². The maximum absolute atomic E-state index is 10.7. The summed E-state index contributed by atoms with van der Waals surface area (Å²) in [4.78, 5) is 10.7. The fourth-order valence-electron chi connectivity index (χ4n) is 2.54. The third-order valence-electron chi connectivity index (χ3n) is 3.90. The fraction of sp³-hybridized carbons (Fsp3) is 0.562. The van der Waals surface area contributed by atoms with E-state index < -0.39 is 0 Å². The van der Waals surface area contributed by atoms with E-state index in [9.17, 15) is 10.0 Å². The van der Waals surface area contributed by atoms with Crippen LogP contribution < -0.4 is 0 Å². The van der Waals surface area contributed by atoms with Gasteiger partial charge in [0.15, 0.2) is 0 Å². The van der Waals surface area contributed by atoms with Gasteiger partial charge in [-0.15, -0.1) is 10.2 Å². The molecule has 23 heavy (non-hydrogen) atoms. The van der Waals surface area contributed by atoms with Gasteiger partial charge >= 0.3 is 0 Å². The van der Waals surface area contributed by atoms with E-state index in [0.717, 1.165) is 31.4 Å². The van der Waals surface area contributed by atoms with Gasteiger partial charge in [-0.2, -0.15) is 0 Å². The Morgan fingerprint density at radius 2 is 2.26 bits per heavy atom. The summed E-state index contributed by atoms with van der Waals surface area (Å²) < 4.78 is 7.77. The number of hydrogen-bond acceptors (Lipinski definition) is 5. The second kappa shape index (κ2) is 8.47. The van der Waals surface area contributed by atoms with Crippen molar-refractivity contribution in [3.8, 4) is 0 Å². The quantitative estimate of drug-likeness (QED) is 0.315. The minimum Gasteiger partial charge on any atom is -0.424 e. The molecule has 0 saturated heterocycles. The van der Waals surface area contributed by atoms with Crippen molar-refractivity contribution in [3.05, 3.63) is 35.8 Å². The van der Waals surface area contributed by atoms with E-state index in [0.29, 0.717) is 29.7 Å². The van der Waals surface area contributed by atoms with Gasteiger partial charge in [-0.25, -0.2) is 5.06 Å². The Kier molecular flexibility index (Phi) is 6.34. The Morgan fingerprint density at radius 1 is 1.43 bits per heavy atom. The molecule has 7 nitrogen and oxygen atoms in total. The van der Waals surface area contributed by atoms with Crippen molar-refractivity contribution in [3.63, 3.8) is 0 Å². The van der Waals surface area contributed by atoms with Gasteiger partial charge in [0.2, 0.25) is 18.2 Å². The van der Waals surface area contributed by atoms with E-state index in [1.165, 1.54) is 0 Å². The van der Waals surface area contributed by atoms with Crippen LogP contribution in [0.1, 0.15) is 56.0 Å². The van der Waals surface area contributed by atoms with E-state index in [1.807, 2.05) is 29.9 Å². The smallest absolute Gasteiger partial charge is 0.233 e. The Bertz CT molecular complexity index is 608. The van der Waals surface area contributed by atoms with Gasteiger partial charge in [0.25, 0.3) is 0 Å². The first kappa shape index (κ1) is 17.2. The third kappa shape index (κ3) is 4.92. The predicted octanol–water partition coefficient (Wildman–Crippen LogP) is 2.51. The number of aromatic nitrogens is 3. The summed E-state index contributed by atoms with van der Waals surface area (Å²) in [5, 5.41) is 18.3. The molecule has 0 aromatic carbocycles. The number of carbonyl (C=O) groups is 1. The highest BCUT2D eigenvalue weighted by Gasteiger charge is 2.21. The molecule has 7 heteroatoms. The first-order valence-corrected chi connectivity index (χ1v) is 7.97. The SMILES string of the molecule is CCCCC[C@H](CN(O)C=O)c1nnc(Cc2cccn2C)o1. The maximum Gasteiger partial charge on any atom is 0.233 e. The van der Waals surface area contributed by atoms with Gasteiger partial charge in [-0.3, -0.25) is 10.0 Å². The lowest BCUT2D eigenvalue weighted by Crippen LogP contribution is -2.24. The van der Waals surface area contributed by atoms with Crippen molar-refractivity contribution in [2.24, 2.45) is 7.05 Å². The molecule has 0 saturated carbocycles. The largest absolute Gasteiger partial charge is 0.424 e. The van der Waals surface area contributed by atoms with E-state index in [2.05, 4.69) is 17.1 Å². The molecule has 126 valence electrons. The summed E-state index contributed by atoms with van der Waals surface area (Å²) in [5.41, 5.74) is 1.08. The van der Waals surface area contributed by atoms with E-state index in [-0.39, 0.29) is 12.5 Å². The summed E-state index contributed by atoms with van der Waals surface area (Å²) in [6.07, 6.45) is 6.91. The average Bonchev–Trinajstić information content (AvgIpc) is 3.16. The van der Waals surface area contributed by atoms with Crippen molar-refractivity contribution in [2.45, 2.75) is 44.9 Å². The number of amides is 1. The molecule has 0 spiro atoms. The van der Waals surface area contributed by atoms with Gasteiger partial charge < -0.3 is 8.98 Å². The van der Waals surface area contributed by atoms with Crippen LogP contribution >= 0.6 is 0 Å². The topological polar surface area (TPSA) is 84.4 Å². The molecule has 0 radical (unpaired) electrons. The van der Waals surface area contributed by atoms with Crippen molar-refractivity contribution >= 4 is 6.41 Å². The zero-order valence-electron chi connectivity index (χ0n) is 13.7. The first-order chi connectivity index (χ1) is 11.1. The number of unbranched alkanes of at least 4 members (excludes halogenated alkanes) is 2. The van der Waals surface area contributed by atoms with Crippen LogP contribution in [0.4, 0.5) is 0 Å². The van der Waals surface area contributed by atoms with Gasteiger partial charge in [-0.1, -0.05) is 26.2 Å². The van der Waals surface area contributed by atoms with Gasteiger partial charge in [-0.05, 0) is 18.6 Å². The third-order valence-corrected chi connectivity index (χ3v) is 3.90. The van der Waals surface area contributed by atoms with Crippen LogP contribution in [0.5, 0.6) is 0 Å². The molecule has 2 aromatic heterocycles. The van der Waals surface area contributed by atoms with Crippen LogP contribution in [-0.2, 0) is 18.3 Å². The molecule has 0 unspecified atom stereocenters. The van der Waals surface area contributed by atoms with E-state index >= 15 is 0 Å². The molecule has 0 aliphatic rings. The molecule has 0 aliphatic heterocycles. The first-order valence-electron chi connectivity index (χ1n) is 7.97. The summed E-state index contributed by atoms with van der Waals surface area (Å²) in [7, 11) is 1.97. The Labute approximate surface area is 135 Å². The number of aryl methyl sites for hydroxylation is 1. The van der Waals surface area contributed by atoms with Gasteiger partial charge in [0.05, 0.1) is 18.9 Å². The summed E-state index contributed by atoms with van der Waals surface area (Å²) in [6.45, 7) is 2.29. The molecule has 1 amide bonds. The van der Waals surface area contributed by atoms with E-state index in [1.54, 1.807) is 0 Å². The van der Waals surface area contributed by atoms with Gasteiger partial charge in [0.1, 0.15) is 0 Å². The lowest BCUT2D eigenvalue weighted by atomic mass is 10.0. The highest BCUT2D eigenvalue weighted by molar-refractivity contribution is 5.44. The second-order valence-electron chi connectivity index (χ2n) is 5.74. The average molecular weight is 320 g/mol. The number of rotatable bonds is 10. The van der Waals surface area contributed by atoms with Crippen molar-refractivity contribution in [2.75, 3.05) is 6.54 Å². The minimum absolute atomic E-state index is 0.147. The fourth-order valence-corrected chi connectivity index (χ4v) is 2.54. The summed E-state index contributed by atoms with van der Waals surface area (Å²) in [6, 6.07) is 3.97. The van der Waals surface area contributed by atoms with Crippen LogP contribution in [-0.4, -0.2) is 38.0 Å². The normalized spacial score (nSPS) is 12.3. The molecular weight excluding hydrogens is 296 g/mol. The number of hydrogen-bond donors (Lipinski definition) is 1. The molecule has 0 bridgehead atoms. The Balaban J connectivity index is 2.05. The maximum atomic E-state index is 10.7. The monoisotopic (exact) mass is 320 g/mol. The summed E-state index contributed by atoms with van der Waals surface area (Å²) in [5.74, 6) is 0.871. The Hall–Kier alpha value is -2.15. The van der Waals surface area contributed by atoms with Crippen LogP contribution in [0.3, 0.4) is 0 Å². The molecule has 0 aliphatic carbocycles. The summed E-state index contributed by atoms with van der Waals surface area (Å²) >= 11 is 0. The molecule has 1 N–H and O–H groups in total. The van der Waals surface area contributed by atoms with Crippen LogP contribution in [0.2, 0.25) is 0 Å². The number of carbonyl (C=O) groups excluding carboxylic acids is 1. The minimum atomic E-state index is -0.147. The van der Waals surface area contributed by atoms with Gasteiger partial charge in [0, 0.05) is 18.9 Å². The number of nitrogens with zero attached hydrogens (tertiary/aromatic N) is 4. The molecule has 1 atom stereocenters. The van der Waals surface area contributed by atoms with E-state index in [4.69, 9.17) is 4.42 Å². The standard InChI is InChI=1S/C16H24N4O3/c1-3-4-5-7-13(11-20(22)12-21)16-18-17-15(23-16)10-14-8-6-9-19(14)2/h6,8-9,12-13,22H,3-5,7,10-11H2,1-2H3/t13-/m1/s1. The highest BCUT2D eigenvalue weighted by atomic mass is 16.5. The predicted molar refractivity (Wildman–Crippen MR) is 84.0 cm³/mol. The molecule has 0 fully saturated rings. The zero-order chi connectivity index (χ0) is 16.7. The second-order valence-corrected chi connectivity index (χ2v) is 5.74. The molecule has 2 aromatic rings. The Morgan fingerprint density at radius 3 is 2.91 bits per heavy atom. The molecule has 2 rings (SSSR count). The number of hydroxylamine groups is 2. The highest BCUT2D eigenvalue weighted by Crippen LogP contribution is 2.23. The van der Waals surface area contributed by atoms with Crippen LogP contribution in [0.25, 0.3) is 0 Å². The molecule has 2 heterocycles. The molecular formula is C16H24N4O3. The van der Waals surface area contributed by atoms with Crippen molar-refractivity contribution < 1.29 is 14.4 Å². The lowest BCUT2D eigenvalue weighted by molar-refractivity contribution is -0.151. The van der Waals surface area contributed by atoms with Crippen LogP contribution in [0, 0.1) is 0 Å².